The molecule has 1 heterocycles. The summed E-state index contributed by atoms with van der Waals surface area (Å²) in [6.07, 6.45) is -3.29. The van der Waals surface area contributed by atoms with Gasteiger partial charge in [-0.2, -0.15) is 0 Å². The standard InChI is InChI=1S/C10H11F2NO4/c1-16-7-3-5(10(11)12)9(15)6(13-7)4-8(14)17-2/h3,10,15H,4H2,1-2H3. The molecule has 0 radical (unpaired) electrons. The first kappa shape index (κ1) is 13.1. The molecule has 0 unspecified atom stereocenters. The summed E-state index contributed by atoms with van der Waals surface area (Å²) in [5.41, 5.74) is -0.831. The van der Waals surface area contributed by atoms with Crippen LogP contribution in [-0.4, -0.2) is 30.3 Å². The van der Waals surface area contributed by atoms with Crippen molar-refractivity contribution in [3.05, 3.63) is 17.3 Å². The van der Waals surface area contributed by atoms with Crippen molar-refractivity contribution >= 4 is 5.97 Å². The Balaban J connectivity index is 3.19. The molecule has 1 aromatic rings. The van der Waals surface area contributed by atoms with E-state index in [1.54, 1.807) is 0 Å². The van der Waals surface area contributed by atoms with E-state index in [9.17, 15) is 18.7 Å². The average Bonchev–Trinajstić information content (AvgIpc) is 2.31. The zero-order chi connectivity index (χ0) is 13.0. The summed E-state index contributed by atoms with van der Waals surface area (Å²) in [7, 11) is 2.39. The van der Waals surface area contributed by atoms with Gasteiger partial charge in [0.25, 0.3) is 6.43 Å². The molecule has 0 aromatic carbocycles. The number of nitrogens with zero attached hydrogens (tertiary/aromatic N) is 1. The minimum absolute atomic E-state index is 0.1000. The van der Waals surface area contributed by atoms with Crippen LogP contribution in [0, 0.1) is 0 Å². The van der Waals surface area contributed by atoms with E-state index in [0.29, 0.717) is 0 Å². The Kier molecular flexibility index (Phi) is 4.19. The molecule has 0 saturated carbocycles. The first-order chi connectivity index (χ1) is 7.99. The summed E-state index contributed by atoms with van der Waals surface area (Å²) in [6, 6.07) is 0.917. The number of alkyl halides is 2. The van der Waals surface area contributed by atoms with E-state index >= 15 is 0 Å². The van der Waals surface area contributed by atoms with Crippen molar-refractivity contribution in [2.45, 2.75) is 12.8 Å². The third kappa shape index (κ3) is 3.02. The van der Waals surface area contributed by atoms with Crippen molar-refractivity contribution in [3.63, 3.8) is 0 Å². The van der Waals surface area contributed by atoms with Gasteiger partial charge in [-0.1, -0.05) is 0 Å². The molecule has 94 valence electrons. The summed E-state index contributed by atoms with van der Waals surface area (Å²) in [5.74, 6) is -1.51. The third-order valence-corrected chi connectivity index (χ3v) is 2.05. The van der Waals surface area contributed by atoms with Crippen LogP contribution in [0.5, 0.6) is 11.6 Å². The number of rotatable bonds is 4. The van der Waals surface area contributed by atoms with Crippen molar-refractivity contribution in [1.29, 1.82) is 0 Å². The molecule has 17 heavy (non-hydrogen) atoms. The minimum Gasteiger partial charge on any atom is -0.506 e. The predicted molar refractivity (Wildman–Crippen MR) is 53.1 cm³/mol. The van der Waals surface area contributed by atoms with E-state index in [2.05, 4.69) is 9.72 Å². The summed E-state index contributed by atoms with van der Waals surface area (Å²) in [4.78, 5) is 14.7. The quantitative estimate of drug-likeness (QED) is 0.815. The van der Waals surface area contributed by atoms with Crippen molar-refractivity contribution in [2.24, 2.45) is 0 Å². The van der Waals surface area contributed by atoms with Gasteiger partial charge in [-0.15, -0.1) is 0 Å². The van der Waals surface area contributed by atoms with Crippen molar-refractivity contribution in [3.8, 4) is 11.6 Å². The molecule has 0 saturated heterocycles. The molecular formula is C10H11F2NO4. The lowest BCUT2D eigenvalue weighted by atomic mass is 10.1. The fourth-order valence-electron chi connectivity index (χ4n) is 1.19. The third-order valence-electron chi connectivity index (χ3n) is 2.05. The number of aromatic nitrogens is 1. The lowest BCUT2D eigenvalue weighted by molar-refractivity contribution is -0.139. The normalized spacial score (nSPS) is 10.4. The van der Waals surface area contributed by atoms with Gasteiger partial charge in [0, 0.05) is 6.07 Å². The van der Waals surface area contributed by atoms with E-state index in [-0.39, 0.29) is 11.6 Å². The summed E-state index contributed by atoms with van der Waals surface area (Å²) in [5, 5.41) is 9.52. The maximum absolute atomic E-state index is 12.6. The number of pyridine rings is 1. The van der Waals surface area contributed by atoms with E-state index in [0.717, 1.165) is 13.2 Å². The highest BCUT2D eigenvalue weighted by Crippen LogP contribution is 2.33. The largest absolute Gasteiger partial charge is 0.506 e. The van der Waals surface area contributed by atoms with E-state index in [1.165, 1.54) is 7.11 Å². The monoisotopic (exact) mass is 247 g/mol. The van der Waals surface area contributed by atoms with Crippen LogP contribution < -0.4 is 4.74 Å². The highest BCUT2D eigenvalue weighted by molar-refractivity contribution is 5.73. The molecule has 0 fully saturated rings. The van der Waals surface area contributed by atoms with Crippen LogP contribution in [0.2, 0.25) is 0 Å². The van der Waals surface area contributed by atoms with Crippen molar-refractivity contribution in [2.75, 3.05) is 14.2 Å². The maximum atomic E-state index is 12.6. The van der Waals surface area contributed by atoms with Crippen LogP contribution in [0.3, 0.4) is 0 Å². The smallest absolute Gasteiger partial charge is 0.311 e. The Hall–Kier alpha value is -1.92. The van der Waals surface area contributed by atoms with E-state index in [4.69, 9.17) is 4.74 Å². The second-order valence-electron chi connectivity index (χ2n) is 3.10. The first-order valence-electron chi connectivity index (χ1n) is 4.61. The number of hydrogen-bond acceptors (Lipinski definition) is 5. The maximum Gasteiger partial charge on any atom is 0.311 e. The molecule has 1 rings (SSSR count). The summed E-state index contributed by atoms with van der Waals surface area (Å²) < 4.78 is 34.2. The predicted octanol–water partition coefficient (Wildman–Crippen LogP) is 1.45. The van der Waals surface area contributed by atoms with Gasteiger partial charge in [0.15, 0.2) is 0 Å². The number of halogens is 2. The number of aromatic hydroxyl groups is 1. The van der Waals surface area contributed by atoms with Crippen LogP contribution >= 0.6 is 0 Å². The Morgan fingerprint density at radius 2 is 2.18 bits per heavy atom. The minimum atomic E-state index is -2.89. The highest BCUT2D eigenvalue weighted by Gasteiger charge is 2.21. The Morgan fingerprint density at radius 1 is 1.53 bits per heavy atom. The summed E-state index contributed by atoms with van der Waals surface area (Å²) in [6.45, 7) is 0. The molecule has 0 spiro atoms. The average molecular weight is 247 g/mol. The molecule has 0 bridgehead atoms. The zero-order valence-corrected chi connectivity index (χ0v) is 9.24. The topological polar surface area (TPSA) is 68.7 Å². The fraction of sp³-hybridized carbons (Fsp3) is 0.400. The van der Waals surface area contributed by atoms with Gasteiger partial charge in [-0.3, -0.25) is 4.79 Å². The molecule has 1 aromatic heterocycles. The number of hydrogen-bond donors (Lipinski definition) is 1. The molecule has 0 aliphatic rings. The van der Waals surface area contributed by atoms with Crippen LogP contribution in [0.4, 0.5) is 8.78 Å². The summed E-state index contributed by atoms with van der Waals surface area (Å²) >= 11 is 0. The number of carbonyl (C=O) groups excluding carboxylic acids is 1. The highest BCUT2D eigenvalue weighted by atomic mass is 19.3. The molecule has 0 aliphatic carbocycles. The van der Waals surface area contributed by atoms with Crippen LogP contribution in [0.25, 0.3) is 0 Å². The number of ether oxygens (including phenoxy) is 2. The lowest BCUT2D eigenvalue weighted by Gasteiger charge is -2.10. The first-order valence-corrected chi connectivity index (χ1v) is 4.61. The SMILES string of the molecule is COC(=O)Cc1nc(OC)cc(C(F)F)c1O. The molecular weight excluding hydrogens is 236 g/mol. The number of esters is 1. The lowest BCUT2D eigenvalue weighted by Crippen LogP contribution is -2.08. The Labute approximate surface area is 96.0 Å². The van der Waals surface area contributed by atoms with Gasteiger partial charge in [0.05, 0.1) is 31.9 Å². The van der Waals surface area contributed by atoms with Gasteiger partial charge in [0.2, 0.25) is 5.88 Å². The molecule has 0 amide bonds. The van der Waals surface area contributed by atoms with Crippen LogP contribution in [0.15, 0.2) is 6.07 Å². The second kappa shape index (κ2) is 5.42. The Morgan fingerprint density at radius 3 is 2.65 bits per heavy atom. The van der Waals surface area contributed by atoms with Gasteiger partial charge in [-0.05, 0) is 0 Å². The van der Waals surface area contributed by atoms with Gasteiger partial charge in [-0.25, -0.2) is 13.8 Å². The van der Waals surface area contributed by atoms with Crippen molar-refractivity contribution < 1.29 is 28.2 Å². The fourth-order valence-corrected chi connectivity index (χ4v) is 1.19. The number of methoxy groups -OCH3 is 2. The molecule has 7 heteroatoms. The molecule has 0 atom stereocenters. The van der Waals surface area contributed by atoms with Crippen LogP contribution in [0.1, 0.15) is 17.7 Å². The van der Waals surface area contributed by atoms with E-state index in [1.807, 2.05) is 0 Å². The van der Waals surface area contributed by atoms with E-state index < -0.39 is 30.1 Å². The Bertz CT molecular complexity index is 423. The van der Waals surface area contributed by atoms with Gasteiger partial charge in [0.1, 0.15) is 5.75 Å². The second-order valence-corrected chi connectivity index (χ2v) is 3.10. The van der Waals surface area contributed by atoms with Gasteiger partial charge < -0.3 is 14.6 Å². The zero-order valence-electron chi connectivity index (χ0n) is 9.24. The van der Waals surface area contributed by atoms with Crippen LogP contribution in [-0.2, 0) is 16.0 Å². The molecule has 0 aliphatic heterocycles. The number of carbonyl (C=O) groups is 1. The molecule has 5 nitrogen and oxygen atoms in total. The van der Waals surface area contributed by atoms with Gasteiger partial charge >= 0.3 is 5.97 Å². The van der Waals surface area contributed by atoms with Crippen molar-refractivity contribution in [1.82, 2.24) is 4.98 Å². The molecule has 1 N–H and O–H groups in total.